The van der Waals surface area contributed by atoms with E-state index in [4.69, 9.17) is 35.5 Å². The minimum atomic E-state index is -1.60. The quantitative estimate of drug-likeness (QED) is 0.297. The van der Waals surface area contributed by atoms with Crippen molar-refractivity contribution in [1.29, 1.82) is 0 Å². The fourth-order valence-electron chi connectivity index (χ4n) is 5.43. The first-order chi connectivity index (χ1) is 17.5. The Morgan fingerprint density at radius 1 is 0.833 bits per heavy atom. The Bertz CT molecular complexity index is 999. The molecule has 194 valence electrons. The molecule has 0 aromatic carbocycles. The zero-order chi connectivity index (χ0) is 25.7. The predicted molar refractivity (Wildman–Crippen MR) is 119 cm³/mol. The lowest BCUT2D eigenvalue weighted by Gasteiger charge is -2.45. The van der Waals surface area contributed by atoms with E-state index < -0.39 is 66.8 Å². The van der Waals surface area contributed by atoms with E-state index in [-0.39, 0.29) is 13.0 Å². The molecule has 0 amide bonds. The minimum absolute atomic E-state index is 0.0889. The van der Waals surface area contributed by atoms with Crippen LogP contribution >= 0.6 is 0 Å². The summed E-state index contributed by atoms with van der Waals surface area (Å²) in [6.07, 6.45) is -4.10. The van der Waals surface area contributed by atoms with Crippen LogP contribution in [0.1, 0.15) is 38.5 Å². The zero-order valence-electron chi connectivity index (χ0n) is 19.1. The Hall–Kier alpha value is -3.00. The molecular weight excluding hydrogens is 480 g/mol. The summed E-state index contributed by atoms with van der Waals surface area (Å²) in [5, 5.41) is 35.6. The van der Waals surface area contributed by atoms with Gasteiger partial charge in [0.2, 0.25) is 0 Å². The Kier molecular flexibility index (Phi) is 8.24. The molecule has 18 nitrogen and oxygen atoms in total. The van der Waals surface area contributed by atoms with Crippen LogP contribution in [-0.4, -0.2) is 83.6 Å². The summed E-state index contributed by atoms with van der Waals surface area (Å²) in [6.45, 7) is -0.324. The number of hydrogen-bond donors (Lipinski definition) is 2. The highest BCUT2D eigenvalue weighted by Gasteiger charge is 2.58. The van der Waals surface area contributed by atoms with E-state index in [1.54, 1.807) is 0 Å². The number of aliphatic hydroxyl groups is 2. The molecule has 2 saturated carbocycles. The molecule has 2 saturated heterocycles. The van der Waals surface area contributed by atoms with Gasteiger partial charge in [-0.2, -0.15) is 0 Å². The summed E-state index contributed by atoms with van der Waals surface area (Å²) in [5.41, 5.74) is 36.0. The highest BCUT2D eigenvalue weighted by molar-refractivity contribution is 5.07. The van der Waals surface area contributed by atoms with Gasteiger partial charge in [-0.15, -0.1) is 0 Å². The molecule has 0 bridgehead atoms. The van der Waals surface area contributed by atoms with Crippen molar-refractivity contribution in [2.24, 2.45) is 20.5 Å². The van der Waals surface area contributed by atoms with Crippen LogP contribution in [0.2, 0.25) is 0 Å². The molecule has 0 unspecified atom stereocenters. The summed E-state index contributed by atoms with van der Waals surface area (Å²) in [7, 11) is 0. The third-order valence-electron chi connectivity index (χ3n) is 7.08. The van der Waals surface area contributed by atoms with Gasteiger partial charge >= 0.3 is 0 Å². The first kappa shape index (κ1) is 26.1. The van der Waals surface area contributed by atoms with Crippen molar-refractivity contribution in [3.05, 3.63) is 41.8 Å². The molecule has 0 aromatic heterocycles. The topological polar surface area (TPSA) is 272 Å². The molecule has 1 spiro atoms. The van der Waals surface area contributed by atoms with Crippen LogP contribution in [0.5, 0.6) is 0 Å². The second kappa shape index (κ2) is 11.4. The molecule has 0 radical (unpaired) electrons. The number of nitrogens with zero attached hydrogens (tertiary/aromatic N) is 12. The van der Waals surface area contributed by atoms with E-state index in [0.717, 1.165) is 19.3 Å². The number of hydrogen-bond acceptors (Lipinski definition) is 10. The van der Waals surface area contributed by atoms with E-state index in [9.17, 15) is 15.7 Å². The van der Waals surface area contributed by atoms with Crippen molar-refractivity contribution < 1.29 is 29.2 Å². The number of ether oxygens (including phenoxy) is 4. The second-order valence-corrected chi connectivity index (χ2v) is 9.15. The molecule has 4 aliphatic rings. The molecule has 2 aliphatic carbocycles. The normalized spacial score (nSPS) is 41.1. The molecule has 36 heavy (non-hydrogen) atoms. The predicted octanol–water partition coefficient (Wildman–Crippen LogP) is 3.01. The fraction of sp³-hybridized carbons (Fsp3) is 1.00. The molecular formula is C18H26N12O6. The zero-order valence-corrected chi connectivity index (χ0v) is 19.1. The lowest BCUT2D eigenvalue weighted by molar-refractivity contribution is -0.286. The molecule has 4 fully saturated rings. The summed E-state index contributed by atoms with van der Waals surface area (Å²) >= 11 is 0. The summed E-state index contributed by atoms with van der Waals surface area (Å²) in [4.78, 5) is 11.2. The SMILES string of the molecule is [N-]=[N+]=NC[C@H]1O[C@H](O[C@H]2[C@@H]3OC4(CCCCC4)O[C@H]3[C@H](N=[N+]=[N-])C[C@@H]2N=[N+]=[N-])[C@H](N=[N+]=[N-])[C@@H](O)[C@@H]1O. The second-order valence-electron chi connectivity index (χ2n) is 9.15. The molecule has 18 heteroatoms. The van der Waals surface area contributed by atoms with E-state index >= 15 is 0 Å². The monoisotopic (exact) mass is 506 g/mol. The van der Waals surface area contributed by atoms with Gasteiger partial charge in [-0.3, -0.25) is 0 Å². The average molecular weight is 506 g/mol. The molecule has 4 rings (SSSR count). The van der Waals surface area contributed by atoms with E-state index in [0.29, 0.717) is 12.8 Å². The van der Waals surface area contributed by atoms with Crippen molar-refractivity contribution in [2.45, 2.75) is 105 Å². The molecule has 2 aliphatic heterocycles. The minimum Gasteiger partial charge on any atom is -0.390 e. The lowest BCUT2D eigenvalue weighted by Crippen LogP contribution is -2.62. The van der Waals surface area contributed by atoms with Crippen LogP contribution in [-0.2, 0) is 18.9 Å². The maximum atomic E-state index is 10.6. The highest BCUT2D eigenvalue weighted by atomic mass is 16.8. The molecule has 2 heterocycles. The largest absolute Gasteiger partial charge is 0.390 e. The van der Waals surface area contributed by atoms with Gasteiger partial charge in [0, 0.05) is 32.5 Å². The number of rotatable bonds is 7. The molecule has 0 aromatic rings. The van der Waals surface area contributed by atoms with Gasteiger partial charge in [0.1, 0.15) is 18.2 Å². The van der Waals surface area contributed by atoms with Gasteiger partial charge in [0.15, 0.2) is 12.1 Å². The fourth-order valence-corrected chi connectivity index (χ4v) is 5.43. The van der Waals surface area contributed by atoms with Gasteiger partial charge in [-0.25, -0.2) is 0 Å². The van der Waals surface area contributed by atoms with E-state index in [1.807, 2.05) is 0 Å². The standard InChI is InChI=1S/C18H26N12O6/c19-27-23-7-10-12(31)13(32)11(26-30-22)17(33-10)34-14-8(24-28-20)6-9(25-29-21)15-16(14)36-18(35-15)4-2-1-3-5-18/h8-17,31-32H,1-7H2/t8-,9+,10+,11+,12+,13+,14+,15-,16-,17+/m0/s1. The Labute approximate surface area is 203 Å². The van der Waals surface area contributed by atoms with Crippen molar-refractivity contribution in [3.63, 3.8) is 0 Å². The van der Waals surface area contributed by atoms with Crippen LogP contribution in [0.4, 0.5) is 0 Å². The number of aliphatic hydroxyl groups excluding tert-OH is 2. The van der Waals surface area contributed by atoms with E-state index in [2.05, 4.69) is 40.1 Å². The Balaban J connectivity index is 1.66. The summed E-state index contributed by atoms with van der Waals surface area (Å²) in [5.74, 6) is -0.902. The number of fused-ring (bicyclic) bond motifs is 1. The van der Waals surface area contributed by atoms with Crippen molar-refractivity contribution in [1.82, 2.24) is 0 Å². The van der Waals surface area contributed by atoms with Crippen LogP contribution < -0.4 is 0 Å². The maximum Gasteiger partial charge on any atom is 0.169 e. The smallest absolute Gasteiger partial charge is 0.169 e. The first-order valence-electron chi connectivity index (χ1n) is 11.6. The van der Waals surface area contributed by atoms with Gasteiger partial charge in [0.25, 0.3) is 0 Å². The van der Waals surface area contributed by atoms with Crippen molar-refractivity contribution in [2.75, 3.05) is 6.54 Å². The van der Waals surface area contributed by atoms with Crippen molar-refractivity contribution >= 4 is 0 Å². The molecule has 2 N–H and O–H groups in total. The lowest BCUT2D eigenvalue weighted by atomic mass is 9.84. The van der Waals surface area contributed by atoms with Crippen molar-refractivity contribution in [3.8, 4) is 0 Å². The summed E-state index contributed by atoms with van der Waals surface area (Å²) < 4.78 is 24.6. The average Bonchev–Trinajstić information content (AvgIpc) is 3.24. The van der Waals surface area contributed by atoms with Gasteiger partial charge in [-0.05, 0) is 41.4 Å². The number of azide groups is 4. The van der Waals surface area contributed by atoms with Gasteiger partial charge in [-0.1, -0.05) is 26.9 Å². The van der Waals surface area contributed by atoms with Crippen LogP contribution in [0.25, 0.3) is 41.8 Å². The van der Waals surface area contributed by atoms with Gasteiger partial charge < -0.3 is 29.2 Å². The summed E-state index contributed by atoms with van der Waals surface area (Å²) in [6, 6.07) is -2.95. The van der Waals surface area contributed by atoms with Gasteiger partial charge in [0.05, 0.1) is 43.0 Å². The first-order valence-corrected chi connectivity index (χ1v) is 11.6. The highest BCUT2D eigenvalue weighted by Crippen LogP contribution is 2.47. The van der Waals surface area contributed by atoms with Crippen LogP contribution in [0.3, 0.4) is 0 Å². The molecule has 10 atom stereocenters. The third kappa shape index (κ3) is 5.09. The maximum absolute atomic E-state index is 10.6. The Morgan fingerprint density at radius 2 is 1.50 bits per heavy atom. The van der Waals surface area contributed by atoms with E-state index in [1.165, 1.54) is 0 Å². The van der Waals surface area contributed by atoms with Crippen LogP contribution in [0.15, 0.2) is 20.5 Å². The van der Waals surface area contributed by atoms with Crippen LogP contribution in [0, 0.1) is 0 Å². The third-order valence-corrected chi connectivity index (χ3v) is 7.08. The Morgan fingerprint density at radius 3 is 2.17 bits per heavy atom.